The molecule has 0 aliphatic rings. The molecule has 0 saturated carbocycles. The summed E-state index contributed by atoms with van der Waals surface area (Å²) in [6, 6.07) is 80.6. The lowest BCUT2D eigenvalue weighted by Crippen LogP contribution is -2.13. The van der Waals surface area contributed by atoms with Crippen LogP contribution in [0.1, 0.15) is 0 Å². The number of benzene rings is 10. The van der Waals surface area contributed by atoms with E-state index in [1.807, 2.05) is 12.1 Å². The maximum atomic E-state index is 6.36. The average molecular weight is 768 g/mol. The van der Waals surface area contributed by atoms with Gasteiger partial charge >= 0.3 is 0 Å². The fraction of sp³-hybridized carbons (Fsp3) is 0. The maximum absolute atomic E-state index is 6.36. The van der Waals surface area contributed by atoms with Crippen molar-refractivity contribution in [2.24, 2.45) is 0 Å². The molecule has 4 heteroatoms. The van der Waals surface area contributed by atoms with Crippen LogP contribution in [0.2, 0.25) is 0 Å². The Morgan fingerprint density at radius 1 is 0.283 bits per heavy atom. The number of para-hydroxylation sites is 4. The highest BCUT2D eigenvalue weighted by atomic mass is 16.3. The van der Waals surface area contributed by atoms with Gasteiger partial charge in [0.15, 0.2) is 0 Å². The van der Waals surface area contributed by atoms with Crippen molar-refractivity contribution in [3.63, 3.8) is 0 Å². The zero-order chi connectivity index (χ0) is 39.6. The third-order valence-electron chi connectivity index (χ3n) is 11.9. The number of hydrogen-bond acceptors (Lipinski definition) is 3. The topological polar surface area (TPSA) is 24.6 Å². The standard InChI is InChI=1S/C56H37N3O/c1-3-16-42(17-4-1)57(48-30-31-50-49-22-9-11-24-53(49)59(54(50)37-48)43-18-5-2-6-19-43)44-20-13-21-45(36-44)58(46-28-26-38-14-7-8-15-39(38)32-46)47-29-27-40-34-52-51-23-10-12-25-55(51)60-56(52)35-41(40)33-47/h1-37H. The smallest absolute Gasteiger partial charge is 0.136 e. The molecular formula is C56H37N3O. The Labute approximate surface area is 347 Å². The Bertz CT molecular complexity index is 3570. The normalized spacial score (nSPS) is 11.7. The van der Waals surface area contributed by atoms with Crippen molar-refractivity contribution in [2.45, 2.75) is 0 Å². The van der Waals surface area contributed by atoms with Crippen LogP contribution in [0.25, 0.3) is 71.0 Å². The second kappa shape index (κ2) is 13.8. The number of nitrogens with zero attached hydrogens (tertiary/aromatic N) is 3. The largest absolute Gasteiger partial charge is 0.456 e. The van der Waals surface area contributed by atoms with Gasteiger partial charge in [0.25, 0.3) is 0 Å². The van der Waals surface area contributed by atoms with E-state index in [1.54, 1.807) is 0 Å². The molecule has 4 nitrogen and oxygen atoms in total. The minimum absolute atomic E-state index is 0.891. The number of anilines is 6. The second-order valence-corrected chi connectivity index (χ2v) is 15.4. The Kier molecular flexibility index (Phi) is 7.82. The molecule has 0 aliphatic carbocycles. The van der Waals surface area contributed by atoms with Gasteiger partial charge < -0.3 is 18.8 Å². The molecular weight excluding hydrogens is 731 g/mol. The van der Waals surface area contributed by atoms with Crippen molar-refractivity contribution in [3.8, 4) is 5.69 Å². The van der Waals surface area contributed by atoms with E-state index in [0.29, 0.717) is 0 Å². The van der Waals surface area contributed by atoms with Gasteiger partial charge in [0.2, 0.25) is 0 Å². The van der Waals surface area contributed by atoms with E-state index in [-0.39, 0.29) is 0 Å². The summed E-state index contributed by atoms with van der Waals surface area (Å²) in [5, 5.41) is 9.41. The summed E-state index contributed by atoms with van der Waals surface area (Å²) < 4.78 is 8.74. The van der Waals surface area contributed by atoms with Gasteiger partial charge in [0, 0.05) is 61.4 Å². The average Bonchev–Trinajstić information content (AvgIpc) is 3.84. The molecule has 60 heavy (non-hydrogen) atoms. The molecule has 0 aliphatic heterocycles. The highest BCUT2D eigenvalue weighted by Gasteiger charge is 2.20. The van der Waals surface area contributed by atoms with Crippen LogP contribution in [0, 0.1) is 0 Å². The Balaban J connectivity index is 1.05. The fourth-order valence-corrected chi connectivity index (χ4v) is 9.11. The monoisotopic (exact) mass is 767 g/mol. The molecule has 0 N–H and O–H groups in total. The minimum atomic E-state index is 0.891. The lowest BCUT2D eigenvalue weighted by Gasteiger charge is -2.30. The van der Waals surface area contributed by atoms with E-state index in [2.05, 4.69) is 227 Å². The quantitative estimate of drug-likeness (QED) is 0.161. The first kappa shape index (κ1) is 34.0. The van der Waals surface area contributed by atoms with Crippen LogP contribution < -0.4 is 9.80 Å². The maximum Gasteiger partial charge on any atom is 0.136 e. The van der Waals surface area contributed by atoms with Gasteiger partial charge in [-0.3, -0.25) is 0 Å². The van der Waals surface area contributed by atoms with E-state index < -0.39 is 0 Å². The number of furan rings is 1. The van der Waals surface area contributed by atoms with Gasteiger partial charge in [0.1, 0.15) is 11.2 Å². The van der Waals surface area contributed by atoms with Gasteiger partial charge in [0.05, 0.1) is 11.0 Å². The van der Waals surface area contributed by atoms with E-state index >= 15 is 0 Å². The molecule has 0 radical (unpaired) electrons. The molecule has 0 unspecified atom stereocenters. The molecule has 282 valence electrons. The summed E-state index contributed by atoms with van der Waals surface area (Å²) in [5.74, 6) is 0. The zero-order valence-electron chi connectivity index (χ0n) is 32.6. The van der Waals surface area contributed by atoms with E-state index in [9.17, 15) is 0 Å². The summed E-state index contributed by atoms with van der Waals surface area (Å²) >= 11 is 0. The van der Waals surface area contributed by atoms with Crippen molar-refractivity contribution in [3.05, 3.63) is 224 Å². The summed E-state index contributed by atoms with van der Waals surface area (Å²) in [4.78, 5) is 4.74. The number of hydrogen-bond donors (Lipinski definition) is 0. The molecule has 2 heterocycles. The first-order valence-electron chi connectivity index (χ1n) is 20.4. The zero-order valence-corrected chi connectivity index (χ0v) is 32.6. The van der Waals surface area contributed by atoms with Gasteiger partial charge in [-0.05, 0) is 125 Å². The highest BCUT2D eigenvalue weighted by Crippen LogP contribution is 2.44. The van der Waals surface area contributed by atoms with Crippen molar-refractivity contribution < 1.29 is 4.42 Å². The van der Waals surface area contributed by atoms with Crippen LogP contribution in [0.5, 0.6) is 0 Å². The summed E-state index contributed by atoms with van der Waals surface area (Å²) in [6.07, 6.45) is 0. The van der Waals surface area contributed by atoms with Crippen LogP contribution in [0.15, 0.2) is 229 Å². The molecule has 0 saturated heterocycles. The molecule has 12 aromatic rings. The number of fused-ring (bicyclic) bond motifs is 8. The van der Waals surface area contributed by atoms with Crippen molar-refractivity contribution in [2.75, 3.05) is 9.80 Å². The molecule has 0 bridgehead atoms. The third kappa shape index (κ3) is 5.61. The third-order valence-corrected chi connectivity index (χ3v) is 11.9. The van der Waals surface area contributed by atoms with Crippen LogP contribution in [0.4, 0.5) is 34.1 Å². The van der Waals surface area contributed by atoms with Gasteiger partial charge in [-0.25, -0.2) is 0 Å². The molecule has 0 spiro atoms. The predicted molar refractivity (Wildman–Crippen MR) is 252 cm³/mol. The second-order valence-electron chi connectivity index (χ2n) is 15.4. The molecule has 12 rings (SSSR count). The predicted octanol–water partition coefficient (Wildman–Crippen LogP) is 15.9. The molecule has 0 fully saturated rings. The molecule has 0 amide bonds. The lowest BCUT2D eigenvalue weighted by atomic mass is 10.0. The van der Waals surface area contributed by atoms with Crippen molar-refractivity contribution in [1.82, 2.24) is 4.57 Å². The molecule has 0 atom stereocenters. The van der Waals surface area contributed by atoms with Gasteiger partial charge in [-0.2, -0.15) is 0 Å². The first-order chi connectivity index (χ1) is 29.7. The van der Waals surface area contributed by atoms with Crippen LogP contribution >= 0.6 is 0 Å². The van der Waals surface area contributed by atoms with Crippen LogP contribution in [-0.2, 0) is 0 Å². The summed E-state index contributed by atoms with van der Waals surface area (Å²) in [5.41, 5.74) is 11.7. The van der Waals surface area contributed by atoms with E-state index in [1.165, 1.54) is 32.4 Å². The SMILES string of the molecule is c1ccc(N(c2cccc(N(c3ccc4ccccc4c3)c3ccc4cc5c(cc4c3)oc3ccccc35)c2)c2ccc3c4ccccc4n(-c4ccccc4)c3c2)cc1. The minimum Gasteiger partial charge on any atom is -0.456 e. The van der Waals surface area contributed by atoms with E-state index in [0.717, 1.165) is 72.7 Å². The number of rotatable bonds is 7. The summed E-state index contributed by atoms with van der Waals surface area (Å²) in [7, 11) is 0. The van der Waals surface area contributed by atoms with Crippen LogP contribution in [-0.4, -0.2) is 4.57 Å². The van der Waals surface area contributed by atoms with E-state index in [4.69, 9.17) is 4.42 Å². The first-order valence-corrected chi connectivity index (χ1v) is 20.4. The Morgan fingerprint density at radius 2 is 0.833 bits per heavy atom. The highest BCUT2D eigenvalue weighted by molar-refractivity contribution is 6.12. The Morgan fingerprint density at radius 3 is 1.65 bits per heavy atom. The fourth-order valence-electron chi connectivity index (χ4n) is 9.11. The summed E-state index contributed by atoms with van der Waals surface area (Å²) in [6.45, 7) is 0. The van der Waals surface area contributed by atoms with Crippen LogP contribution in [0.3, 0.4) is 0 Å². The number of aromatic nitrogens is 1. The Hall–Kier alpha value is -8.08. The molecule has 10 aromatic carbocycles. The van der Waals surface area contributed by atoms with Gasteiger partial charge in [-0.1, -0.05) is 121 Å². The van der Waals surface area contributed by atoms with Crippen molar-refractivity contribution >= 4 is 99.4 Å². The molecule has 2 aromatic heterocycles. The lowest BCUT2D eigenvalue weighted by molar-refractivity contribution is 0.669. The van der Waals surface area contributed by atoms with Gasteiger partial charge in [-0.15, -0.1) is 0 Å². The van der Waals surface area contributed by atoms with Crippen molar-refractivity contribution in [1.29, 1.82) is 0 Å².